The van der Waals surface area contributed by atoms with Crippen LogP contribution in [0.5, 0.6) is 5.75 Å². The van der Waals surface area contributed by atoms with Crippen molar-refractivity contribution < 1.29 is 9.53 Å². The van der Waals surface area contributed by atoms with Crippen LogP contribution in [0.4, 0.5) is 5.69 Å². The highest BCUT2D eigenvalue weighted by Crippen LogP contribution is 2.20. The van der Waals surface area contributed by atoms with Crippen molar-refractivity contribution in [2.24, 2.45) is 0 Å². The maximum atomic E-state index is 12.7. The lowest BCUT2D eigenvalue weighted by atomic mass is 10.1. The maximum Gasteiger partial charge on any atom is 0.257 e. The highest BCUT2D eigenvalue weighted by atomic mass is 16.5. The highest BCUT2D eigenvalue weighted by Gasteiger charge is 2.12. The fraction of sp³-hybridized carbons (Fsp3) is 0.0952. The fourth-order valence-electron chi connectivity index (χ4n) is 2.78. The third-order valence-electron chi connectivity index (χ3n) is 4.27. The minimum atomic E-state index is -0.225. The summed E-state index contributed by atoms with van der Waals surface area (Å²) in [6.07, 6.45) is 1.53. The van der Waals surface area contributed by atoms with E-state index in [2.05, 4.69) is 20.5 Å². The van der Waals surface area contributed by atoms with Crippen LogP contribution in [0.3, 0.4) is 0 Å². The van der Waals surface area contributed by atoms with Gasteiger partial charge in [0.05, 0.1) is 5.56 Å². The van der Waals surface area contributed by atoms with Crippen LogP contribution in [-0.2, 0) is 6.61 Å². The van der Waals surface area contributed by atoms with Gasteiger partial charge in [-0.1, -0.05) is 36.4 Å². The smallest absolute Gasteiger partial charge is 0.257 e. The SMILES string of the molecule is Cc1[nH]nc2ncc(C(=O)Nc3ccccc3COc3ccccc3)cc12. The molecule has 0 atom stereocenters. The molecule has 4 rings (SSSR count). The Morgan fingerprint density at radius 3 is 2.74 bits per heavy atom. The molecule has 134 valence electrons. The highest BCUT2D eigenvalue weighted by molar-refractivity contribution is 6.06. The van der Waals surface area contributed by atoms with E-state index in [1.807, 2.05) is 61.5 Å². The summed E-state index contributed by atoms with van der Waals surface area (Å²) >= 11 is 0. The van der Waals surface area contributed by atoms with Crippen LogP contribution in [-0.4, -0.2) is 21.1 Å². The van der Waals surface area contributed by atoms with Gasteiger partial charge in [-0.05, 0) is 31.2 Å². The molecule has 6 heteroatoms. The molecule has 0 fully saturated rings. The number of hydrogen-bond acceptors (Lipinski definition) is 4. The molecule has 2 heterocycles. The van der Waals surface area contributed by atoms with Gasteiger partial charge >= 0.3 is 0 Å². The summed E-state index contributed by atoms with van der Waals surface area (Å²) in [7, 11) is 0. The minimum Gasteiger partial charge on any atom is -0.489 e. The molecular weight excluding hydrogens is 340 g/mol. The molecule has 0 aliphatic heterocycles. The van der Waals surface area contributed by atoms with E-state index in [1.54, 1.807) is 6.07 Å². The molecule has 0 bridgehead atoms. The van der Waals surface area contributed by atoms with Crippen molar-refractivity contribution in [1.82, 2.24) is 15.2 Å². The molecule has 0 spiro atoms. The number of H-pyrrole nitrogens is 1. The number of rotatable bonds is 5. The van der Waals surface area contributed by atoms with E-state index in [1.165, 1.54) is 6.20 Å². The third-order valence-corrected chi connectivity index (χ3v) is 4.27. The molecule has 0 aliphatic carbocycles. The van der Waals surface area contributed by atoms with Gasteiger partial charge in [0, 0.05) is 28.5 Å². The first kappa shape index (κ1) is 16.8. The number of anilines is 1. The van der Waals surface area contributed by atoms with Gasteiger partial charge in [0.25, 0.3) is 5.91 Å². The van der Waals surface area contributed by atoms with Gasteiger partial charge in [-0.25, -0.2) is 4.98 Å². The Hall–Kier alpha value is -3.67. The van der Waals surface area contributed by atoms with Gasteiger partial charge < -0.3 is 10.1 Å². The van der Waals surface area contributed by atoms with Crippen molar-refractivity contribution in [1.29, 1.82) is 0 Å². The standard InChI is InChI=1S/C21H18N4O2/c1-14-18-11-16(12-22-20(18)25-24-14)21(26)23-19-10-6-5-7-15(19)13-27-17-8-3-2-4-9-17/h2-12H,13H2,1H3,(H,23,26)(H,22,24,25). The van der Waals surface area contributed by atoms with E-state index < -0.39 is 0 Å². The van der Waals surface area contributed by atoms with Gasteiger partial charge in [-0.2, -0.15) is 5.10 Å². The van der Waals surface area contributed by atoms with E-state index in [-0.39, 0.29) is 5.91 Å². The van der Waals surface area contributed by atoms with Crippen LogP contribution in [0, 0.1) is 6.92 Å². The van der Waals surface area contributed by atoms with Crippen molar-refractivity contribution in [2.75, 3.05) is 5.32 Å². The number of ether oxygens (including phenoxy) is 1. The first-order chi connectivity index (χ1) is 13.2. The second-order valence-corrected chi connectivity index (χ2v) is 6.16. The lowest BCUT2D eigenvalue weighted by Crippen LogP contribution is -2.14. The summed E-state index contributed by atoms with van der Waals surface area (Å²) in [4.78, 5) is 16.9. The number of amides is 1. The summed E-state index contributed by atoms with van der Waals surface area (Å²) in [5.74, 6) is 0.556. The van der Waals surface area contributed by atoms with E-state index in [0.717, 1.165) is 22.4 Å². The summed E-state index contributed by atoms with van der Waals surface area (Å²) < 4.78 is 5.81. The molecule has 2 N–H and O–H groups in total. The second-order valence-electron chi connectivity index (χ2n) is 6.16. The Balaban J connectivity index is 1.53. The summed E-state index contributed by atoms with van der Waals surface area (Å²) in [6.45, 7) is 2.26. The van der Waals surface area contributed by atoms with Gasteiger partial charge in [0.2, 0.25) is 0 Å². The Morgan fingerprint density at radius 2 is 1.89 bits per heavy atom. The number of aromatic nitrogens is 3. The van der Waals surface area contributed by atoms with Crippen LogP contribution in [0.15, 0.2) is 66.9 Å². The second kappa shape index (κ2) is 7.29. The number of carbonyl (C=O) groups is 1. The number of fused-ring (bicyclic) bond motifs is 1. The number of pyridine rings is 1. The number of nitrogens with one attached hydrogen (secondary N) is 2. The fourth-order valence-corrected chi connectivity index (χ4v) is 2.78. The first-order valence-corrected chi connectivity index (χ1v) is 8.58. The van der Waals surface area contributed by atoms with E-state index in [0.29, 0.717) is 23.5 Å². The topological polar surface area (TPSA) is 79.9 Å². The van der Waals surface area contributed by atoms with Crippen LogP contribution < -0.4 is 10.1 Å². The van der Waals surface area contributed by atoms with Gasteiger partial charge in [0.15, 0.2) is 5.65 Å². The van der Waals surface area contributed by atoms with Crippen LogP contribution in [0.25, 0.3) is 11.0 Å². The molecule has 27 heavy (non-hydrogen) atoms. The number of aromatic amines is 1. The number of para-hydroxylation sites is 2. The zero-order valence-electron chi connectivity index (χ0n) is 14.8. The lowest BCUT2D eigenvalue weighted by molar-refractivity contribution is 0.102. The molecule has 0 unspecified atom stereocenters. The number of carbonyl (C=O) groups excluding carboxylic acids is 1. The average molecular weight is 358 g/mol. The van der Waals surface area contributed by atoms with Crippen molar-refractivity contribution >= 4 is 22.6 Å². The Morgan fingerprint density at radius 1 is 1.11 bits per heavy atom. The van der Waals surface area contributed by atoms with Crippen LogP contribution in [0.2, 0.25) is 0 Å². The maximum absolute atomic E-state index is 12.7. The minimum absolute atomic E-state index is 0.225. The molecule has 0 saturated heterocycles. The zero-order valence-corrected chi connectivity index (χ0v) is 14.8. The number of benzene rings is 2. The molecule has 1 amide bonds. The lowest BCUT2D eigenvalue weighted by Gasteiger charge is -2.12. The molecule has 2 aromatic heterocycles. The number of aryl methyl sites for hydroxylation is 1. The monoisotopic (exact) mass is 358 g/mol. The first-order valence-electron chi connectivity index (χ1n) is 8.58. The largest absolute Gasteiger partial charge is 0.489 e. The molecule has 2 aromatic carbocycles. The summed E-state index contributed by atoms with van der Waals surface area (Å²) in [5.41, 5.74) is 3.56. The van der Waals surface area contributed by atoms with Gasteiger partial charge in [0.1, 0.15) is 12.4 Å². The molecule has 0 radical (unpaired) electrons. The quantitative estimate of drug-likeness (QED) is 0.563. The van der Waals surface area contributed by atoms with Crippen LogP contribution >= 0.6 is 0 Å². The normalized spacial score (nSPS) is 10.7. The summed E-state index contributed by atoms with van der Waals surface area (Å²) in [6, 6.07) is 19.0. The van der Waals surface area contributed by atoms with E-state index in [9.17, 15) is 4.79 Å². The van der Waals surface area contributed by atoms with Crippen LogP contribution in [0.1, 0.15) is 21.6 Å². The molecule has 0 saturated carbocycles. The predicted molar refractivity (Wildman–Crippen MR) is 104 cm³/mol. The number of nitrogens with zero attached hydrogens (tertiary/aromatic N) is 2. The van der Waals surface area contributed by atoms with E-state index in [4.69, 9.17) is 4.74 Å². The predicted octanol–water partition coefficient (Wildman–Crippen LogP) is 4.10. The zero-order chi connectivity index (χ0) is 18.6. The Labute approximate surface area is 156 Å². The Kier molecular flexibility index (Phi) is 4.53. The van der Waals surface area contributed by atoms with Crippen molar-refractivity contribution in [2.45, 2.75) is 13.5 Å². The molecule has 0 aliphatic rings. The number of hydrogen-bond donors (Lipinski definition) is 2. The van der Waals surface area contributed by atoms with Gasteiger partial charge in [-0.3, -0.25) is 9.89 Å². The average Bonchev–Trinajstić information content (AvgIpc) is 3.08. The van der Waals surface area contributed by atoms with E-state index >= 15 is 0 Å². The summed E-state index contributed by atoms with van der Waals surface area (Å²) in [5, 5.41) is 10.7. The molecule has 4 aromatic rings. The van der Waals surface area contributed by atoms with Crippen molar-refractivity contribution in [3.63, 3.8) is 0 Å². The Bertz CT molecular complexity index is 1090. The third kappa shape index (κ3) is 3.64. The van der Waals surface area contributed by atoms with Crippen molar-refractivity contribution in [3.8, 4) is 5.75 Å². The van der Waals surface area contributed by atoms with Gasteiger partial charge in [-0.15, -0.1) is 0 Å². The molecular formula is C21H18N4O2. The molecule has 6 nitrogen and oxygen atoms in total. The van der Waals surface area contributed by atoms with Crippen molar-refractivity contribution in [3.05, 3.63) is 83.7 Å².